The van der Waals surface area contributed by atoms with Crippen LogP contribution < -0.4 is 32.3 Å². The number of primary amides is 1. The number of ketones is 3. The minimum atomic E-state index is -4.12. The number of ether oxygens (including phenoxy) is 1. The number of hydrogen-bond acceptors (Lipinski definition) is 14. The third-order valence-corrected chi connectivity index (χ3v) is 18.1. The fourth-order valence-electron chi connectivity index (χ4n) is 11.0. The van der Waals surface area contributed by atoms with Gasteiger partial charge in [0.05, 0.1) is 23.0 Å². The SMILES string of the molecule is CN[C@H](C(=O)C[C@H](C(=O)N(C)[C@H](/C=C(\C)C(=O)CS(=O)(=O)c1ccc(CNC(=O)OCc2ccc(NC(=O)[C@H](CCCNC(N)=O)CC(=O)[C@@H](NC(=O)CCCCCN3C(=O)CC(C)C3=O)C(C)C)cc2)cc1)C(C)C)C(C)(C)C)C(C)(C)c1ccccc1. The summed E-state index contributed by atoms with van der Waals surface area (Å²) in [6, 6.07) is 19.2. The number of imide groups is 1. The molecule has 1 heterocycles. The summed E-state index contributed by atoms with van der Waals surface area (Å²) in [6.07, 6.45) is 3.17. The van der Waals surface area contributed by atoms with E-state index in [2.05, 4.69) is 26.6 Å². The molecule has 1 saturated heterocycles. The molecule has 3 aromatic rings. The number of nitrogens with zero attached hydrogens (tertiary/aromatic N) is 2. The van der Waals surface area contributed by atoms with Crippen molar-refractivity contribution in [1.82, 2.24) is 31.1 Å². The first-order valence-electron chi connectivity index (χ1n) is 30.7. The van der Waals surface area contributed by atoms with Crippen LogP contribution in [0.3, 0.4) is 0 Å². The average Bonchev–Trinajstić information content (AvgIpc) is 1.72. The van der Waals surface area contributed by atoms with Crippen LogP contribution in [0.2, 0.25) is 0 Å². The van der Waals surface area contributed by atoms with Crippen LogP contribution in [-0.4, -0.2) is 128 Å². The van der Waals surface area contributed by atoms with E-state index in [1.165, 1.54) is 36.1 Å². The van der Waals surface area contributed by atoms with Crippen LogP contribution in [0.25, 0.3) is 0 Å². The topological polar surface area (TPSA) is 307 Å². The van der Waals surface area contributed by atoms with E-state index in [1.54, 1.807) is 70.1 Å². The average molecular weight is 1250 g/mol. The van der Waals surface area contributed by atoms with Crippen molar-refractivity contribution in [2.24, 2.45) is 40.7 Å². The predicted octanol–water partition coefficient (Wildman–Crippen LogP) is 8.13. The molecule has 0 aromatic heterocycles. The van der Waals surface area contributed by atoms with E-state index in [0.29, 0.717) is 49.0 Å². The highest BCUT2D eigenvalue weighted by Gasteiger charge is 2.42. The first-order chi connectivity index (χ1) is 41.7. The van der Waals surface area contributed by atoms with Gasteiger partial charge in [-0.2, -0.15) is 0 Å². The van der Waals surface area contributed by atoms with Crippen LogP contribution in [0, 0.1) is 35.0 Å². The lowest BCUT2D eigenvalue weighted by Gasteiger charge is -2.39. The van der Waals surface area contributed by atoms with Crippen molar-refractivity contribution >= 4 is 74.5 Å². The number of hydrogen-bond donors (Lipinski definition) is 6. The second kappa shape index (κ2) is 33.8. The second-order valence-electron chi connectivity index (χ2n) is 25.8. The number of benzene rings is 3. The number of allylic oxidation sites excluding steroid dienone is 1. The quantitative estimate of drug-likeness (QED) is 0.0184. The summed E-state index contributed by atoms with van der Waals surface area (Å²) < 4.78 is 32.6. The summed E-state index contributed by atoms with van der Waals surface area (Å²) in [5.41, 5.74) is 6.72. The Morgan fingerprint density at radius 3 is 1.99 bits per heavy atom. The number of urea groups is 1. The molecule has 1 fully saturated rings. The number of sulfone groups is 1. The van der Waals surface area contributed by atoms with Gasteiger partial charge in [-0.25, -0.2) is 18.0 Å². The number of nitrogens with one attached hydrogen (secondary N) is 5. The van der Waals surface area contributed by atoms with Crippen molar-refractivity contribution in [2.75, 3.05) is 38.3 Å². The molecule has 22 heteroatoms. The molecular weight excluding hydrogens is 1160 g/mol. The van der Waals surface area contributed by atoms with E-state index in [-0.39, 0.29) is 115 Å². The number of likely N-dealkylation sites (N-methyl/N-ethyl adjacent to an activating group) is 2. The second-order valence-corrected chi connectivity index (χ2v) is 27.8. The highest BCUT2D eigenvalue weighted by molar-refractivity contribution is 7.92. The molecule has 21 nitrogen and oxygen atoms in total. The van der Waals surface area contributed by atoms with Gasteiger partial charge in [0.15, 0.2) is 27.2 Å². The molecule has 0 aliphatic carbocycles. The van der Waals surface area contributed by atoms with E-state index < -0.39 is 80.2 Å². The highest BCUT2D eigenvalue weighted by Crippen LogP contribution is 2.35. The zero-order chi connectivity index (χ0) is 66.6. The van der Waals surface area contributed by atoms with Crippen LogP contribution >= 0.6 is 0 Å². The van der Waals surface area contributed by atoms with Crippen molar-refractivity contribution in [3.63, 3.8) is 0 Å². The number of carbonyl (C=O) groups is 10. The molecule has 8 amide bonds. The summed E-state index contributed by atoms with van der Waals surface area (Å²) in [5.74, 6) is -5.67. The molecule has 0 radical (unpaired) electrons. The van der Waals surface area contributed by atoms with Crippen LogP contribution in [-0.2, 0) is 71.5 Å². The van der Waals surface area contributed by atoms with E-state index in [4.69, 9.17) is 10.5 Å². The fourth-order valence-corrected chi connectivity index (χ4v) is 12.2. The molecule has 0 spiro atoms. The van der Waals surface area contributed by atoms with Crippen molar-refractivity contribution in [3.05, 3.63) is 107 Å². The van der Waals surface area contributed by atoms with Crippen molar-refractivity contribution in [3.8, 4) is 0 Å². The third-order valence-electron chi connectivity index (χ3n) is 16.5. The Morgan fingerprint density at radius 2 is 1.43 bits per heavy atom. The number of amides is 8. The Bertz CT molecular complexity index is 3100. The Hall–Kier alpha value is -7.59. The lowest BCUT2D eigenvalue weighted by Crippen LogP contribution is -2.52. The molecule has 3 aromatic carbocycles. The molecule has 1 unspecified atom stereocenters. The summed E-state index contributed by atoms with van der Waals surface area (Å²) in [7, 11) is -0.739. The summed E-state index contributed by atoms with van der Waals surface area (Å²) >= 11 is 0. The van der Waals surface area contributed by atoms with Gasteiger partial charge in [0.25, 0.3) is 0 Å². The molecule has 89 heavy (non-hydrogen) atoms. The van der Waals surface area contributed by atoms with E-state index in [1.807, 2.05) is 78.8 Å². The van der Waals surface area contributed by atoms with Gasteiger partial charge in [0.2, 0.25) is 29.5 Å². The fraction of sp³-hybridized carbons (Fsp3) is 0.552. The number of likely N-dealkylation sites (tertiary alicyclic amines) is 1. The molecule has 0 saturated carbocycles. The molecule has 488 valence electrons. The largest absolute Gasteiger partial charge is 0.445 e. The van der Waals surface area contributed by atoms with Gasteiger partial charge in [-0.15, -0.1) is 0 Å². The Labute approximate surface area is 526 Å². The number of carbonyl (C=O) groups excluding carboxylic acids is 10. The van der Waals surface area contributed by atoms with Crippen molar-refractivity contribution in [1.29, 1.82) is 0 Å². The molecule has 7 N–H and O–H groups in total. The number of rotatable bonds is 35. The highest BCUT2D eigenvalue weighted by atomic mass is 32.2. The van der Waals surface area contributed by atoms with E-state index in [9.17, 15) is 56.4 Å². The monoisotopic (exact) mass is 1250 g/mol. The first kappa shape index (κ1) is 73.9. The normalized spacial score (nSPS) is 15.6. The van der Waals surface area contributed by atoms with Gasteiger partial charge in [-0.05, 0) is 103 Å². The van der Waals surface area contributed by atoms with Crippen molar-refractivity contribution in [2.45, 2.75) is 176 Å². The maximum atomic E-state index is 14.4. The van der Waals surface area contributed by atoms with E-state index in [0.717, 1.165) is 5.56 Å². The molecule has 4 rings (SSSR count). The number of alkyl carbamates (subject to hydrolysis) is 1. The molecule has 1 aliphatic rings. The maximum absolute atomic E-state index is 14.4. The number of nitrogens with two attached hydrogens (primary N) is 1. The smallest absolute Gasteiger partial charge is 0.407 e. The number of Topliss-reactive ketones (excluding diaryl/α,β-unsaturated/α-hetero) is 3. The van der Waals surface area contributed by atoms with Crippen LogP contribution in [0.15, 0.2) is 95.4 Å². The van der Waals surface area contributed by atoms with Crippen LogP contribution in [0.4, 0.5) is 15.3 Å². The summed E-state index contributed by atoms with van der Waals surface area (Å²) in [6.45, 7) is 20.7. The van der Waals surface area contributed by atoms with Gasteiger partial charge in [0.1, 0.15) is 12.4 Å². The Morgan fingerprint density at radius 1 is 0.798 bits per heavy atom. The first-order valence-corrected chi connectivity index (χ1v) is 32.4. The minimum Gasteiger partial charge on any atom is -0.445 e. The molecule has 6 atom stereocenters. The lowest BCUT2D eigenvalue weighted by atomic mass is 9.71. The lowest BCUT2D eigenvalue weighted by molar-refractivity contribution is -0.143. The summed E-state index contributed by atoms with van der Waals surface area (Å²) in [5, 5.41) is 14.0. The number of anilines is 1. The summed E-state index contributed by atoms with van der Waals surface area (Å²) in [4.78, 5) is 134. The standard InChI is InChI=1S/C67H96N8O13S/c1-42(2)53(74(13)63(83)52(66(7,8)9)38-55(77)60(69-12)67(10,11)49-22-16-14-17-23-49)35-44(5)56(78)41-89(86,87)51-31-27-46(28-32-51)39-71-65(85)88-40-47-25-29-50(30-26-47)72-61(81)48(21-20-33-70-64(68)84)37-54(76)59(43(3)4)73-57(79)24-18-15-19-34-75-58(80)36-45(6)62(75)82/h14,16-17,22-23,25-32,35,42-43,45,48,52-53,59-60,69H,15,18-21,24,33-34,36-41H2,1-13H3,(H,71,85)(H,72,81)(H,73,79)(H3,68,70,84)/b44-35+/t45?,48-,52-,53-,59+,60-/m1/s1. The molecular formula is C67H96N8O13S. The van der Waals surface area contributed by atoms with Gasteiger partial charge in [0, 0.05) is 81.2 Å². The van der Waals surface area contributed by atoms with Crippen LogP contribution in [0.1, 0.15) is 151 Å². The van der Waals surface area contributed by atoms with E-state index >= 15 is 0 Å². The zero-order valence-electron chi connectivity index (χ0n) is 54.3. The number of unbranched alkanes of at least 4 members (excludes halogenated alkanes) is 2. The van der Waals surface area contributed by atoms with Gasteiger partial charge < -0.3 is 42.0 Å². The van der Waals surface area contributed by atoms with Crippen LogP contribution in [0.5, 0.6) is 0 Å². The Kier molecular flexibility index (Phi) is 28.1. The van der Waals surface area contributed by atoms with Gasteiger partial charge in [-0.3, -0.25) is 43.3 Å². The van der Waals surface area contributed by atoms with Gasteiger partial charge in [-0.1, -0.05) is 136 Å². The third kappa shape index (κ3) is 22.4. The Balaban J connectivity index is 1.29. The minimum absolute atomic E-state index is 0.0134. The maximum Gasteiger partial charge on any atom is 0.407 e. The van der Waals surface area contributed by atoms with Gasteiger partial charge >= 0.3 is 12.1 Å². The van der Waals surface area contributed by atoms with Crippen molar-refractivity contribution < 1.29 is 61.1 Å². The molecule has 0 bridgehead atoms. The zero-order valence-corrected chi connectivity index (χ0v) is 55.1. The predicted molar refractivity (Wildman–Crippen MR) is 341 cm³/mol. The molecule has 1 aliphatic heterocycles.